The van der Waals surface area contributed by atoms with E-state index in [1.807, 2.05) is 43.9 Å². The van der Waals surface area contributed by atoms with E-state index < -0.39 is 41.5 Å². The highest BCUT2D eigenvalue weighted by molar-refractivity contribution is 6.20. The van der Waals surface area contributed by atoms with Crippen molar-refractivity contribution in [3.63, 3.8) is 0 Å². The van der Waals surface area contributed by atoms with Gasteiger partial charge in [0.2, 0.25) is 11.8 Å². The number of hydrogen-bond acceptors (Lipinski definition) is 7. The summed E-state index contributed by atoms with van der Waals surface area (Å²) in [5, 5.41) is 4.54. The predicted octanol–water partition coefficient (Wildman–Crippen LogP) is 0.922. The van der Waals surface area contributed by atoms with Gasteiger partial charge in [-0.2, -0.15) is 0 Å². The second-order valence-corrected chi connectivity index (χ2v) is 8.75. The van der Waals surface area contributed by atoms with Gasteiger partial charge in [-0.25, -0.2) is 9.59 Å². The maximum absolute atomic E-state index is 13.2. The molecule has 3 saturated heterocycles. The smallest absolute Gasteiger partial charge is 0.414 e. The molecule has 31 heavy (non-hydrogen) atoms. The number of imide groups is 2. The Morgan fingerprint density at radius 1 is 1.00 bits per heavy atom. The number of carbonyl (C=O) groups is 4. The SMILES string of the molecule is CC1CN(c2ccc3c(c2)CC2(C(=O)NC(=O)NC2=O)[C@H]2[C@H](C)O[C@H](C)CN32)C(=O)O1. The van der Waals surface area contributed by atoms with Crippen molar-refractivity contribution in [1.29, 1.82) is 0 Å². The Labute approximate surface area is 178 Å². The van der Waals surface area contributed by atoms with Crippen molar-refractivity contribution in [1.82, 2.24) is 10.6 Å². The molecule has 1 unspecified atom stereocenters. The number of amides is 5. The molecule has 10 heteroatoms. The maximum Gasteiger partial charge on any atom is 0.414 e. The number of barbiturate groups is 1. The first kappa shape index (κ1) is 19.8. The highest BCUT2D eigenvalue weighted by Gasteiger charge is 2.62. The van der Waals surface area contributed by atoms with E-state index in [1.165, 1.54) is 0 Å². The van der Waals surface area contributed by atoms with Gasteiger partial charge in [0, 0.05) is 17.9 Å². The summed E-state index contributed by atoms with van der Waals surface area (Å²) < 4.78 is 11.2. The van der Waals surface area contributed by atoms with Crippen LogP contribution in [-0.4, -0.2) is 61.4 Å². The molecule has 0 aromatic heterocycles. The van der Waals surface area contributed by atoms with Crippen LogP contribution in [-0.2, 0) is 25.5 Å². The molecule has 0 saturated carbocycles. The number of nitrogens with zero attached hydrogens (tertiary/aromatic N) is 2. The standard InChI is InChI=1S/C21H24N4O6/c1-10-9-25-15-5-4-14(24-8-11(2)31-20(24)29)6-13(15)7-21(16(25)12(3)30-10)17(26)22-19(28)23-18(21)27/h4-6,10-12,16H,7-9H2,1-3H3,(H2,22,23,26,27,28)/t10-,11?,12+,16-/m1/s1. The van der Waals surface area contributed by atoms with E-state index in [2.05, 4.69) is 10.6 Å². The van der Waals surface area contributed by atoms with Crippen LogP contribution in [0.15, 0.2) is 18.2 Å². The molecule has 164 valence electrons. The van der Waals surface area contributed by atoms with Gasteiger partial charge in [0.25, 0.3) is 0 Å². The number of rotatable bonds is 1. The van der Waals surface area contributed by atoms with Crippen molar-refractivity contribution in [2.45, 2.75) is 51.5 Å². The third-order valence-electron chi connectivity index (χ3n) is 6.57. The van der Waals surface area contributed by atoms with Gasteiger partial charge >= 0.3 is 12.1 Å². The third-order valence-corrected chi connectivity index (χ3v) is 6.57. The van der Waals surface area contributed by atoms with Gasteiger partial charge in [-0.15, -0.1) is 0 Å². The van der Waals surface area contributed by atoms with Crippen molar-refractivity contribution >= 4 is 35.3 Å². The van der Waals surface area contributed by atoms with E-state index >= 15 is 0 Å². The number of benzene rings is 1. The molecular formula is C21H24N4O6. The van der Waals surface area contributed by atoms with Crippen LogP contribution >= 0.6 is 0 Å². The molecule has 4 heterocycles. The first-order valence-corrected chi connectivity index (χ1v) is 10.4. The second-order valence-electron chi connectivity index (χ2n) is 8.75. The lowest BCUT2D eigenvalue weighted by atomic mass is 9.66. The largest absolute Gasteiger partial charge is 0.444 e. The van der Waals surface area contributed by atoms with Crippen LogP contribution in [0.1, 0.15) is 26.3 Å². The Morgan fingerprint density at radius 3 is 2.35 bits per heavy atom. The van der Waals surface area contributed by atoms with Gasteiger partial charge in [-0.1, -0.05) is 0 Å². The summed E-state index contributed by atoms with van der Waals surface area (Å²) in [6, 6.07) is 4.19. The summed E-state index contributed by atoms with van der Waals surface area (Å²) in [6.07, 6.45) is -1.09. The normalized spacial score (nSPS) is 31.7. The van der Waals surface area contributed by atoms with E-state index in [0.717, 1.165) is 11.3 Å². The number of ether oxygens (including phenoxy) is 2. The van der Waals surface area contributed by atoms with E-state index in [-0.39, 0.29) is 18.6 Å². The van der Waals surface area contributed by atoms with Crippen molar-refractivity contribution in [2.24, 2.45) is 5.41 Å². The number of fused-ring (bicyclic) bond motifs is 4. The van der Waals surface area contributed by atoms with E-state index in [4.69, 9.17) is 9.47 Å². The first-order valence-electron chi connectivity index (χ1n) is 10.4. The number of anilines is 2. The van der Waals surface area contributed by atoms with Crippen molar-refractivity contribution in [2.75, 3.05) is 22.9 Å². The average molecular weight is 428 g/mol. The fourth-order valence-electron chi connectivity index (χ4n) is 5.42. The second kappa shape index (κ2) is 6.68. The molecule has 10 nitrogen and oxygen atoms in total. The molecule has 4 aliphatic rings. The minimum Gasteiger partial charge on any atom is -0.444 e. The highest BCUT2D eigenvalue weighted by atomic mass is 16.6. The van der Waals surface area contributed by atoms with Crippen LogP contribution in [0.3, 0.4) is 0 Å². The van der Waals surface area contributed by atoms with Crippen LogP contribution in [0.5, 0.6) is 0 Å². The van der Waals surface area contributed by atoms with Crippen molar-refractivity contribution < 1.29 is 28.7 Å². The van der Waals surface area contributed by atoms with Crippen LogP contribution in [0, 0.1) is 5.41 Å². The van der Waals surface area contributed by atoms with E-state index in [0.29, 0.717) is 18.8 Å². The van der Waals surface area contributed by atoms with Crippen LogP contribution in [0.25, 0.3) is 0 Å². The molecule has 1 spiro atoms. The number of cyclic esters (lactones) is 1. The third kappa shape index (κ3) is 2.81. The lowest BCUT2D eigenvalue weighted by Gasteiger charge is -2.55. The predicted molar refractivity (Wildman–Crippen MR) is 109 cm³/mol. The lowest BCUT2D eigenvalue weighted by Crippen LogP contribution is -2.75. The topological polar surface area (TPSA) is 117 Å². The fourth-order valence-corrected chi connectivity index (χ4v) is 5.42. The van der Waals surface area contributed by atoms with Gasteiger partial charge in [0.1, 0.15) is 6.10 Å². The molecule has 5 amide bonds. The number of urea groups is 1. The van der Waals surface area contributed by atoms with Gasteiger partial charge in [-0.3, -0.25) is 25.1 Å². The quantitative estimate of drug-likeness (QED) is 0.639. The molecule has 0 radical (unpaired) electrons. The Kier molecular flexibility index (Phi) is 4.27. The Hall–Kier alpha value is -3.14. The summed E-state index contributed by atoms with van der Waals surface area (Å²) in [5.74, 6) is -1.27. The summed E-state index contributed by atoms with van der Waals surface area (Å²) in [6.45, 7) is 6.51. The molecule has 3 fully saturated rings. The number of carbonyl (C=O) groups excluding carboxylic acids is 4. The first-order chi connectivity index (χ1) is 14.7. The number of nitrogens with one attached hydrogen (secondary N) is 2. The lowest BCUT2D eigenvalue weighted by molar-refractivity contribution is -0.153. The highest BCUT2D eigenvalue weighted by Crippen LogP contribution is 2.47. The van der Waals surface area contributed by atoms with Gasteiger partial charge in [-0.05, 0) is 51.0 Å². The molecule has 1 aromatic carbocycles. The van der Waals surface area contributed by atoms with E-state index in [9.17, 15) is 19.2 Å². The van der Waals surface area contributed by atoms with Crippen molar-refractivity contribution in [3.8, 4) is 0 Å². The molecule has 5 rings (SSSR count). The zero-order valence-corrected chi connectivity index (χ0v) is 17.5. The molecule has 1 aromatic rings. The van der Waals surface area contributed by atoms with Gasteiger partial charge in [0.05, 0.1) is 24.8 Å². The molecule has 4 atom stereocenters. The number of morpholine rings is 1. The summed E-state index contributed by atoms with van der Waals surface area (Å²) in [4.78, 5) is 53.9. The van der Waals surface area contributed by atoms with Gasteiger partial charge in [0.15, 0.2) is 5.41 Å². The van der Waals surface area contributed by atoms with Crippen LogP contribution in [0.2, 0.25) is 0 Å². The molecule has 0 aliphatic carbocycles. The molecule has 4 aliphatic heterocycles. The summed E-state index contributed by atoms with van der Waals surface area (Å²) in [5.41, 5.74) is 0.753. The molecule has 0 bridgehead atoms. The Morgan fingerprint density at radius 2 is 1.71 bits per heavy atom. The Balaban J connectivity index is 1.63. The molecular weight excluding hydrogens is 404 g/mol. The van der Waals surface area contributed by atoms with Gasteiger partial charge < -0.3 is 14.4 Å². The monoisotopic (exact) mass is 428 g/mol. The summed E-state index contributed by atoms with van der Waals surface area (Å²) >= 11 is 0. The molecule has 2 N–H and O–H groups in total. The van der Waals surface area contributed by atoms with Crippen LogP contribution in [0.4, 0.5) is 21.0 Å². The number of hydrogen-bond donors (Lipinski definition) is 2. The fraction of sp³-hybridized carbons (Fsp3) is 0.524. The Bertz CT molecular complexity index is 990. The minimum absolute atomic E-state index is 0.0861. The summed E-state index contributed by atoms with van der Waals surface area (Å²) in [7, 11) is 0. The minimum atomic E-state index is -1.53. The van der Waals surface area contributed by atoms with Crippen LogP contribution < -0.4 is 20.4 Å². The van der Waals surface area contributed by atoms with Crippen molar-refractivity contribution in [3.05, 3.63) is 23.8 Å². The zero-order chi connectivity index (χ0) is 22.1. The zero-order valence-electron chi connectivity index (χ0n) is 17.5. The average Bonchev–Trinajstić information content (AvgIpc) is 3.03. The maximum atomic E-state index is 13.2. The van der Waals surface area contributed by atoms with E-state index in [1.54, 1.807) is 4.90 Å².